The zero-order chi connectivity index (χ0) is 18.9. The van der Waals surface area contributed by atoms with Crippen molar-refractivity contribution < 1.29 is 24.5 Å². The van der Waals surface area contributed by atoms with E-state index in [0.29, 0.717) is 12.2 Å². The van der Waals surface area contributed by atoms with Gasteiger partial charge in [0.25, 0.3) is 0 Å². The summed E-state index contributed by atoms with van der Waals surface area (Å²) in [6, 6.07) is 0. The lowest BCUT2D eigenvalue weighted by Crippen LogP contribution is -2.23. The standard InChI is InChI=1S/C20H31FO4S/c21-17-13-19(23)16(8-9-18(22)14-5-2-1-3-6-14)15(17)7-4-11-26-12-10-20(24)25/h14-19,22-23H,1-7,10-13H2,(H,24,25)/t15-,16-,17?,18-,19-/m1/s1. The predicted molar refractivity (Wildman–Crippen MR) is 102 cm³/mol. The molecular weight excluding hydrogens is 355 g/mol. The Labute approximate surface area is 159 Å². The van der Waals surface area contributed by atoms with Crippen LogP contribution in [0.2, 0.25) is 0 Å². The summed E-state index contributed by atoms with van der Waals surface area (Å²) in [7, 11) is 0. The van der Waals surface area contributed by atoms with Crippen molar-refractivity contribution in [2.24, 2.45) is 17.8 Å². The second kappa shape index (κ2) is 11.2. The zero-order valence-electron chi connectivity index (χ0n) is 15.3. The Morgan fingerprint density at radius 2 is 1.96 bits per heavy atom. The number of hydrogen-bond donors (Lipinski definition) is 3. The lowest BCUT2D eigenvalue weighted by molar-refractivity contribution is -0.136. The highest BCUT2D eigenvalue weighted by atomic mass is 32.2. The number of carboxylic acid groups (broad SMARTS) is 1. The molecule has 3 N–H and O–H groups in total. The van der Waals surface area contributed by atoms with Gasteiger partial charge in [-0.05, 0) is 37.4 Å². The molecule has 1 unspecified atom stereocenters. The van der Waals surface area contributed by atoms with E-state index in [0.717, 1.165) is 37.9 Å². The van der Waals surface area contributed by atoms with Crippen molar-refractivity contribution in [1.82, 2.24) is 0 Å². The summed E-state index contributed by atoms with van der Waals surface area (Å²) in [6.07, 6.45) is 4.65. The van der Waals surface area contributed by atoms with Gasteiger partial charge in [0.1, 0.15) is 12.3 Å². The average molecular weight is 387 g/mol. The molecule has 6 heteroatoms. The molecular formula is C20H31FO4S. The van der Waals surface area contributed by atoms with Gasteiger partial charge in [0.15, 0.2) is 0 Å². The molecule has 2 aliphatic carbocycles. The van der Waals surface area contributed by atoms with Gasteiger partial charge < -0.3 is 15.3 Å². The van der Waals surface area contributed by atoms with Gasteiger partial charge in [-0.15, -0.1) is 0 Å². The Bertz CT molecular complexity index is 498. The van der Waals surface area contributed by atoms with Gasteiger partial charge in [0.2, 0.25) is 0 Å². The number of hydrogen-bond acceptors (Lipinski definition) is 4. The second-order valence-electron chi connectivity index (χ2n) is 7.54. The van der Waals surface area contributed by atoms with Crippen molar-refractivity contribution in [2.45, 2.75) is 76.2 Å². The summed E-state index contributed by atoms with van der Waals surface area (Å²) >= 11 is 1.56. The molecule has 2 aliphatic rings. The van der Waals surface area contributed by atoms with E-state index in [2.05, 4.69) is 11.8 Å². The average Bonchev–Trinajstić information content (AvgIpc) is 2.89. The first-order valence-corrected chi connectivity index (χ1v) is 10.9. The van der Waals surface area contributed by atoms with Crippen LogP contribution in [0.4, 0.5) is 4.39 Å². The van der Waals surface area contributed by atoms with Gasteiger partial charge in [-0.3, -0.25) is 4.79 Å². The minimum absolute atomic E-state index is 0.121. The first kappa shape index (κ1) is 21.5. The normalized spacial score (nSPS) is 30.6. The number of rotatable bonds is 8. The van der Waals surface area contributed by atoms with E-state index in [4.69, 9.17) is 5.11 Å². The largest absolute Gasteiger partial charge is 0.481 e. The van der Waals surface area contributed by atoms with Crippen molar-refractivity contribution in [3.8, 4) is 11.8 Å². The molecule has 2 fully saturated rings. The van der Waals surface area contributed by atoms with Crippen LogP contribution in [-0.2, 0) is 4.79 Å². The number of carbonyl (C=O) groups is 1. The van der Waals surface area contributed by atoms with Crippen LogP contribution < -0.4 is 0 Å². The molecule has 0 heterocycles. The van der Waals surface area contributed by atoms with Gasteiger partial charge in [0.05, 0.1) is 18.4 Å². The predicted octanol–water partition coefficient (Wildman–Crippen LogP) is 3.25. The van der Waals surface area contributed by atoms with Crippen LogP contribution in [-0.4, -0.2) is 51.2 Å². The third kappa shape index (κ3) is 6.75. The molecule has 0 aromatic heterocycles. The number of aliphatic hydroxyl groups excluding tert-OH is 2. The number of alkyl halides is 1. The summed E-state index contributed by atoms with van der Waals surface area (Å²) in [6.45, 7) is 0. The fourth-order valence-electron chi connectivity index (χ4n) is 4.06. The Balaban J connectivity index is 1.81. The highest BCUT2D eigenvalue weighted by Crippen LogP contribution is 2.38. The van der Waals surface area contributed by atoms with E-state index in [1.807, 2.05) is 0 Å². The maximum Gasteiger partial charge on any atom is 0.304 e. The van der Waals surface area contributed by atoms with Crippen LogP contribution in [0, 0.1) is 29.6 Å². The van der Waals surface area contributed by atoms with Gasteiger partial charge in [-0.2, -0.15) is 11.8 Å². The van der Waals surface area contributed by atoms with Crippen LogP contribution in [0.1, 0.15) is 57.8 Å². The Morgan fingerprint density at radius 1 is 1.23 bits per heavy atom. The second-order valence-corrected chi connectivity index (χ2v) is 8.76. The lowest BCUT2D eigenvalue weighted by Gasteiger charge is -2.23. The summed E-state index contributed by atoms with van der Waals surface area (Å²) < 4.78 is 14.3. The molecule has 5 atom stereocenters. The van der Waals surface area contributed by atoms with E-state index < -0.39 is 30.3 Å². The van der Waals surface area contributed by atoms with Crippen molar-refractivity contribution in [1.29, 1.82) is 0 Å². The SMILES string of the molecule is O=C(O)CCSCCC[C@H]1C(F)C[C@@H](O)[C@@H]1C#C[C@@H](O)C1CCCCC1. The molecule has 2 rings (SSSR count). The van der Waals surface area contributed by atoms with Gasteiger partial charge in [-0.1, -0.05) is 31.1 Å². The van der Waals surface area contributed by atoms with Gasteiger partial charge in [0, 0.05) is 18.1 Å². The summed E-state index contributed by atoms with van der Waals surface area (Å²) in [5, 5.41) is 29.1. The first-order valence-electron chi connectivity index (χ1n) is 9.80. The third-order valence-corrected chi connectivity index (χ3v) is 6.66. The Hall–Kier alpha value is -0.770. The highest BCUT2D eigenvalue weighted by molar-refractivity contribution is 7.99. The van der Waals surface area contributed by atoms with Gasteiger partial charge >= 0.3 is 5.97 Å². The van der Waals surface area contributed by atoms with Crippen LogP contribution in [0.5, 0.6) is 0 Å². The van der Waals surface area contributed by atoms with E-state index in [-0.39, 0.29) is 24.7 Å². The quantitative estimate of drug-likeness (QED) is 0.441. The lowest BCUT2D eigenvalue weighted by atomic mass is 9.84. The smallest absolute Gasteiger partial charge is 0.304 e. The van der Waals surface area contributed by atoms with Crippen molar-refractivity contribution in [2.75, 3.05) is 11.5 Å². The number of carboxylic acids is 1. The molecule has 2 saturated carbocycles. The van der Waals surface area contributed by atoms with Crippen molar-refractivity contribution in [3.05, 3.63) is 0 Å². The number of aliphatic hydroxyl groups is 2. The Morgan fingerprint density at radius 3 is 2.65 bits per heavy atom. The highest BCUT2D eigenvalue weighted by Gasteiger charge is 2.41. The minimum atomic E-state index is -1.06. The van der Waals surface area contributed by atoms with E-state index in [1.54, 1.807) is 11.8 Å². The summed E-state index contributed by atoms with van der Waals surface area (Å²) in [4.78, 5) is 10.5. The van der Waals surface area contributed by atoms with E-state index in [1.165, 1.54) is 6.42 Å². The fourth-order valence-corrected chi connectivity index (χ4v) is 4.95. The number of halogens is 1. The van der Waals surface area contributed by atoms with Crippen LogP contribution in [0.15, 0.2) is 0 Å². The first-order chi connectivity index (χ1) is 12.5. The summed E-state index contributed by atoms with van der Waals surface area (Å²) in [5.74, 6) is 5.97. The van der Waals surface area contributed by atoms with Gasteiger partial charge in [-0.25, -0.2) is 4.39 Å². The van der Waals surface area contributed by atoms with Crippen LogP contribution >= 0.6 is 11.8 Å². The molecule has 0 aromatic rings. The molecule has 0 radical (unpaired) electrons. The van der Waals surface area contributed by atoms with E-state index in [9.17, 15) is 19.4 Å². The molecule has 4 nitrogen and oxygen atoms in total. The molecule has 0 spiro atoms. The topological polar surface area (TPSA) is 77.8 Å². The third-order valence-electron chi connectivity index (χ3n) is 5.59. The van der Waals surface area contributed by atoms with Crippen molar-refractivity contribution in [3.63, 3.8) is 0 Å². The monoisotopic (exact) mass is 386 g/mol. The fraction of sp³-hybridized carbons (Fsp3) is 0.850. The van der Waals surface area contributed by atoms with Crippen molar-refractivity contribution >= 4 is 17.7 Å². The maximum absolute atomic E-state index is 14.3. The minimum Gasteiger partial charge on any atom is -0.481 e. The molecule has 0 amide bonds. The molecule has 0 aromatic carbocycles. The number of thioether (sulfide) groups is 1. The van der Waals surface area contributed by atoms with Crippen LogP contribution in [0.3, 0.4) is 0 Å². The molecule has 148 valence electrons. The molecule has 0 saturated heterocycles. The van der Waals surface area contributed by atoms with Crippen LogP contribution in [0.25, 0.3) is 0 Å². The number of aliphatic carboxylic acids is 1. The molecule has 0 aliphatic heterocycles. The van der Waals surface area contributed by atoms with E-state index >= 15 is 0 Å². The summed E-state index contributed by atoms with van der Waals surface area (Å²) in [5.41, 5.74) is 0. The zero-order valence-corrected chi connectivity index (χ0v) is 16.1. The Kier molecular flexibility index (Phi) is 9.24. The maximum atomic E-state index is 14.3. The molecule has 26 heavy (non-hydrogen) atoms. The molecule has 0 bridgehead atoms.